The summed E-state index contributed by atoms with van der Waals surface area (Å²) in [5, 5.41) is 6.68. The lowest BCUT2D eigenvalue weighted by Gasteiger charge is -2.02. The fourth-order valence-electron chi connectivity index (χ4n) is 1.03. The molecule has 0 aliphatic heterocycles. The molecule has 76 valence electrons. The van der Waals surface area contributed by atoms with Gasteiger partial charge in [0.15, 0.2) is 0 Å². The summed E-state index contributed by atoms with van der Waals surface area (Å²) < 4.78 is 4.87. The highest BCUT2D eigenvalue weighted by molar-refractivity contribution is 5.84. The monoisotopic (exact) mass is 185 g/mol. The summed E-state index contributed by atoms with van der Waals surface area (Å²) in [6.45, 7) is 2.68. The summed E-state index contributed by atoms with van der Waals surface area (Å²) >= 11 is 0. The Labute approximate surface area is 80.0 Å². The van der Waals surface area contributed by atoms with Crippen molar-refractivity contribution in [1.29, 1.82) is 5.41 Å². The second kappa shape index (κ2) is 9.23. The molecule has 0 unspecified atom stereocenters. The number of unbranched alkanes of at least 4 members (excludes halogenated alkanes) is 4. The van der Waals surface area contributed by atoms with Gasteiger partial charge >= 0.3 is 5.97 Å². The van der Waals surface area contributed by atoms with Gasteiger partial charge in [-0.05, 0) is 6.42 Å². The molecule has 0 radical (unpaired) electrons. The Kier molecular flexibility index (Phi) is 8.62. The second-order valence-electron chi connectivity index (χ2n) is 3.04. The maximum absolute atomic E-state index is 10.8. The minimum atomic E-state index is -0.287. The molecule has 0 amide bonds. The summed E-state index contributed by atoms with van der Waals surface area (Å²) in [6, 6.07) is 0. The van der Waals surface area contributed by atoms with Gasteiger partial charge in [-0.2, -0.15) is 0 Å². The molecule has 0 bridgehead atoms. The fraction of sp³-hybridized carbons (Fsp3) is 0.800. The number of rotatable bonds is 8. The van der Waals surface area contributed by atoms with Crippen LogP contribution >= 0.6 is 0 Å². The zero-order chi connectivity index (χ0) is 9.94. The van der Waals surface area contributed by atoms with E-state index in [4.69, 9.17) is 10.1 Å². The van der Waals surface area contributed by atoms with Crippen LogP contribution < -0.4 is 0 Å². The smallest absolute Gasteiger partial charge is 0.311 e. The standard InChI is InChI=1S/C10H19NO2/c1-2-3-4-5-6-9-13-10(12)7-8-11/h8,11H,2-7,9H2,1H3. The predicted octanol–water partition coefficient (Wildman–Crippen LogP) is 2.54. The third kappa shape index (κ3) is 9.05. The molecule has 0 fully saturated rings. The average molecular weight is 185 g/mol. The number of hydrogen-bond acceptors (Lipinski definition) is 3. The predicted molar refractivity (Wildman–Crippen MR) is 53.1 cm³/mol. The van der Waals surface area contributed by atoms with E-state index in [9.17, 15) is 4.79 Å². The van der Waals surface area contributed by atoms with Crippen molar-refractivity contribution >= 4 is 12.2 Å². The second-order valence-corrected chi connectivity index (χ2v) is 3.04. The van der Waals surface area contributed by atoms with E-state index in [1.54, 1.807) is 0 Å². The van der Waals surface area contributed by atoms with E-state index >= 15 is 0 Å². The Bertz CT molecular complexity index is 146. The van der Waals surface area contributed by atoms with E-state index in [0.717, 1.165) is 19.1 Å². The minimum absolute atomic E-state index is 0.106. The highest BCUT2D eigenvalue weighted by Gasteiger charge is 1.98. The summed E-state index contributed by atoms with van der Waals surface area (Å²) in [4.78, 5) is 10.8. The summed E-state index contributed by atoms with van der Waals surface area (Å²) in [5.41, 5.74) is 0. The summed E-state index contributed by atoms with van der Waals surface area (Å²) in [6.07, 6.45) is 6.96. The summed E-state index contributed by atoms with van der Waals surface area (Å²) in [7, 11) is 0. The molecule has 0 heterocycles. The molecular formula is C10H19NO2. The van der Waals surface area contributed by atoms with Crippen LogP contribution in [0.1, 0.15) is 45.4 Å². The van der Waals surface area contributed by atoms with Crippen molar-refractivity contribution in [3.63, 3.8) is 0 Å². The van der Waals surface area contributed by atoms with Crippen molar-refractivity contribution in [2.24, 2.45) is 0 Å². The van der Waals surface area contributed by atoms with Crippen molar-refractivity contribution in [3.05, 3.63) is 0 Å². The average Bonchev–Trinajstić information content (AvgIpc) is 2.11. The minimum Gasteiger partial charge on any atom is -0.465 e. The maximum atomic E-state index is 10.8. The zero-order valence-corrected chi connectivity index (χ0v) is 8.34. The first-order valence-electron chi connectivity index (χ1n) is 4.95. The lowest BCUT2D eigenvalue weighted by atomic mass is 10.2. The van der Waals surface area contributed by atoms with Gasteiger partial charge in [-0.15, -0.1) is 0 Å². The van der Waals surface area contributed by atoms with Crippen molar-refractivity contribution in [3.8, 4) is 0 Å². The van der Waals surface area contributed by atoms with Crippen LogP contribution in [-0.2, 0) is 9.53 Å². The number of ether oxygens (including phenoxy) is 1. The molecule has 0 aliphatic carbocycles. The SMILES string of the molecule is CCCCCCCOC(=O)CC=N. The number of esters is 1. The molecule has 0 saturated heterocycles. The Morgan fingerprint density at radius 3 is 2.62 bits per heavy atom. The van der Waals surface area contributed by atoms with Crippen molar-refractivity contribution in [2.75, 3.05) is 6.61 Å². The van der Waals surface area contributed by atoms with Crippen LogP contribution in [-0.4, -0.2) is 18.8 Å². The van der Waals surface area contributed by atoms with E-state index in [0.29, 0.717) is 6.61 Å². The molecule has 13 heavy (non-hydrogen) atoms. The van der Waals surface area contributed by atoms with Crippen LogP contribution in [0.3, 0.4) is 0 Å². The van der Waals surface area contributed by atoms with Crippen molar-refractivity contribution in [1.82, 2.24) is 0 Å². The van der Waals surface area contributed by atoms with Crippen LogP contribution in [0.25, 0.3) is 0 Å². The fourth-order valence-corrected chi connectivity index (χ4v) is 1.03. The molecular weight excluding hydrogens is 166 g/mol. The summed E-state index contributed by atoms with van der Waals surface area (Å²) in [5.74, 6) is -0.287. The molecule has 0 aromatic heterocycles. The Balaban J connectivity index is 3.06. The van der Waals surface area contributed by atoms with Crippen LogP contribution in [0.4, 0.5) is 0 Å². The normalized spacial score (nSPS) is 9.62. The number of hydrogen-bond donors (Lipinski definition) is 1. The van der Waals surface area contributed by atoms with E-state index in [1.807, 2.05) is 0 Å². The van der Waals surface area contributed by atoms with E-state index in [1.165, 1.54) is 19.3 Å². The molecule has 0 rings (SSSR count). The Hall–Kier alpha value is -0.860. The van der Waals surface area contributed by atoms with Gasteiger partial charge in [0, 0.05) is 6.21 Å². The molecule has 3 nitrogen and oxygen atoms in total. The van der Waals surface area contributed by atoms with Crippen LogP contribution in [0.2, 0.25) is 0 Å². The molecule has 1 N–H and O–H groups in total. The number of carbonyl (C=O) groups is 1. The molecule has 0 aromatic rings. The molecule has 0 atom stereocenters. The quantitative estimate of drug-likeness (QED) is 0.359. The van der Waals surface area contributed by atoms with Gasteiger partial charge in [0.1, 0.15) is 0 Å². The zero-order valence-electron chi connectivity index (χ0n) is 8.34. The molecule has 0 saturated carbocycles. The van der Waals surface area contributed by atoms with Gasteiger partial charge in [-0.3, -0.25) is 4.79 Å². The highest BCUT2D eigenvalue weighted by Crippen LogP contribution is 2.02. The first-order valence-corrected chi connectivity index (χ1v) is 4.95. The maximum Gasteiger partial charge on any atom is 0.311 e. The molecule has 3 heteroatoms. The van der Waals surface area contributed by atoms with Crippen molar-refractivity contribution < 1.29 is 9.53 Å². The number of nitrogens with one attached hydrogen (secondary N) is 1. The third-order valence-corrected chi connectivity index (χ3v) is 1.78. The van der Waals surface area contributed by atoms with Crippen molar-refractivity contribution in [2.45, 2.75) is 45.4 Å². The van der Waals surface area contributed by atoms with Crippen LogP contribution in [0, 0.1) is 5.41 Å². The third-order valence-electron chi connectivity index (χ3n) is 1.78. The van der Waals surface area contributed by atoms with Gasteiger partial charge in [-0.1, -0.05) is 32.6 Å². The lowest BCUT2D eigenvalue weighted by Crippen LogP contribution is -2.05. The van der Waals surface area contributed by atoms with E-state index in [2.05, 4.69) is 6.92 Å². The molecule has 0 aromatic carbocycles. The first kappa shape index (κ1) is 12.1. The highest BCUT2D eigenvalue weighted by atomic mass is 16.5. The van der Waals surface area contributed by atoms with Gasteiger partial charge < -0.3 is 10.1 Å². The topological polar surface area (TPSA) is 50.2 Å². The molecule has 0 spiro atoms. The van der Waals surface area contributed by atoms with Gasteiger partial charge in [0.05, 0.1) is 13.0 Å². The number of carbonyl (C=O) groups excluding carboxylic acids is 1. The molecule has 0 aliphatic rings. The van der Waals surface area contributed by atoms with Gasteiger partial charge in [0.25, 0.3) is 0 Å². The van der Waals surface area contributed by atoms with E-state index < -0.39 is 0 Å². The Morgan fingerprint density at radius 2 is 2.00 bits per heavy atom. The van der Waals surface area contributed by atoms with Crippen LogP contribution in [0.15, 0.2) is 0 Å². The van der Waals surface area contributed by atoms with Gasteiger partial charge in [-0.25, -0.2) is 0 Å². The largest absolute Gasteiger partial charge is 0.465 e. The first-order chi connectivity index (χ1) is 6.31. The van der Waals surface area contributed by atoms with Crippen LogP contribution in [0.5, 0.6) is 0 Å². The van der Waals surface area contributed by atoms with E-state index in [-0.39, 0.29) is 12.4 Å². The van der Waals surface area contributed by atoms with Gasteiger partial charge in [0.2, 0.25) is 0 Å². The lowest BCUT2D eigenvalue weighted by molar-refractivity contribution is -0.142. The Morgan fingerprint density at radius 1 is 1.31 bits per heavy atom.